The van der Waals surface area contributed by atoms with Crippen molar-refractivity contribution in [1.82, 2.24) is 20.0 Å². The van der Waals surface area contributed by atoms with Crippen LogP contribution in [0, 0.1) is 17.6 Å². The highest BCUT2D eigenvalue weighted by Crippen LogP contribution is 2.32. The average molecular weight is 563 g/mol. The lowest BCUT2D eigenvalue weighted by atomic mass is 9.97. The van der Waals surface area contributed by atoms with Gasteiger partial charge in [-0.1, -0.05) is 0 Å². The van der Waals surface area contributed by atoms with Gasteiger partial charge in [0.2, 0.25) is 0 Å². The van der Waals surface area contributed by atoms with Gasteiger partial charge in [-0.15, -0.1) is 0 Å². The van der Waals surface area contributed by atoms with Crippen LogP contribution >= 0.6 is 0 Å². The van der Waals surface area contributed by atoms with Crippen molar-refractivity contribution in [2.75, 3.05) is 32.6 Å². The van der Waals surface area contributed by atoms with Gasteiger partial charge in [-0.3, -0.25) is 4.68 Å². The summed E-state index contributed by atoms with van der Waals surface area (Å²) in [5, 5.41) is 10.7. The summed E-state index contributed by atoms with van der Waals surface area (Å²) in [4.78, 5) is 18.4. The Morgan fingerprint density at radius 2 is 1.82 bits per heavy atom. The fourth-order valence-electron chi connectivity index (χ4n) is 4.35. The lowest BCUT2D eigenvalue weighted by molar-refractivity contribution is 0.0177. The van der Waals surface area contributed by atoms with Crippen molar-refractivity contribution in [2.45, 2.75) is 58.7 Å². The summed E-state index contributed by atoms with van der Waals surface area (Å²) in [6, 6.07) is 1.14. The molecule has 0 radical (unpaired) electrons. The normalized spacial score (nSPS) is 17.6. The zero-order valence-corrected chi connectivity index (χ0v) is 23.4. The van der Waals surface area contributed by atoms with E-state index < -0.39 is 23.5 Å². The lowest BCUT2D eigenvalue weighted by Crippen LogP contribution is -2.42. The number of methoxy groups -OCH3 is 2. The fraction of sp³-hybridized carbons (Fsp3) is 0.519. The van der Waals surface area contributed by atoms with E-state index in [1.54, 1.807) is 17.3 Å². The standard InChI is InChI=1S/C27H36F2N6O5/c1-27(2,3)40-26(36)34-8-6-17(7-9-34)14-35-15-18(11-32-35)33-25-30-12-19(13-31-25)39-16-20-23(28)21(37-4)10-22(38-5)24(20)29/h10-13,15,17,25,30,33H,6-9,14,16H2,1-5H3. The van der Waals surface area contributed by atoms with Crippen molar-refractivity contribution in [3.63, 3.8) is 0 Å². The van der Waals surface area contributed by atoms with Gasteiger partial charge in [0, 0.05) is 38.1 Å². The van der Waals surface area contributed by atoms with Gasteiger partial charge in [0.1, 0.15) is 12.2 Å². The molecule has 2 N–H and O–H groups in total. The van der Waals surface area contributed by atoms with E-state index in [1.165, 1.54) is 20.4 Å². The lowest BCUT2D eigenvalue weighted by Gasteiger charge is -2.33. The van der Waals surface area contributed by atoms with E-state index in [9.17, 15) is 13.6 Å². The number of aromatic nitrogens is 2. The zero-order chi connectivity index (χ0) is 28.9. The number of anilines is 1. The predicted octanol–water partition coefficient (Wildman–Crippen LogP) is 4.25. The molecule has 218 valence electrons. The van der Waals surface area contributed by atoms with Crippen molar-refractivity contribution >= 4 is 18.0 Å². The van der Waals surface area contributed by atoms with Gasteiger partial charge >= 0.3 is 6.09 Å². The smallest absolute Gasteiger partial charge is 0.410 e. The second-order valence-electron chi connectivity index (χ2n) is 10.6. The largest absolute Gasteiger partial charge is 0.494 e. The molecule has 40 heavy (non-hydrogen) atoms. The molecule has 0 bridgehead atoms. The number of allylic oxidation sites excluding steroid dienone is 1. The van der Waals surface area contributed by atoms with Crippen molar-refractivity contribution < 1.29 is 32.5 Å². The third-order valence-corrected chi connectivity index (χ3v) is 6.43. The van der Waals surface area contributed by atoms with Gasteiger partial charge in [-0.05, 0) is 39.5 Å². The second kappa shape index (κ2) is 12.4. The minimum Gasteiger partial charge on any atom is -0.494 e. The first kappa shape index (κ1) is 29.0. The topological polar surface area (TPSA) is 111 Å². The molecule has 1 unspecified atom stereocenters. The Labute approximate surface area is 232 Å². The highest BCUT2D eigenvalue weighted by atomic mass is 19.1. The molecule has 2 aliphatic heterocycles. The Morgan fingerprint density at radius 1 is 1.15 bits per heavy atom. The molecule has 4 rings (SSSR count). The van der Waals surface area contributed by atoms with Crippen LogP contribution < -0.4 is 20.1 Å². The number of rotatable bonds is 9. The van der Waals surface area contributed by atoms with Gasteiger partial charge in [-0.2, -0.15) is 5.10 Å². The van der Waals surface area contributed by atoms with Crippen molar-refractivity contribution in [1.29, 1.82) is 0 Å². The number of aliphatic imine (C=N–C) groups is 1. The number of nitrogens with one attached hydrogen (secondary N) is 2. The summed E-state index contributed by atoms with van der Waals surface area (Å²) in [6.45, 7) is 7.28. The number of halogens is 2. The van der Waals surface area contributed by atoms with E-state index in [0.29, 0.717) is 24.8 Å². The first-order valence-corrected chi connectivity index (χ1v) is 13.0. The number of amides is 1. The molecule has 1 aromatic heterocycles. The number of likely N-dealkylation sites (tertiary alicyclic amines) is 1. The molecule has 0 spiro atoms. The molecule has 0 saturated carbocycles. The van der Waals surface area contributed by atoms with Crippen LogP contribution in [0.15, 0.2) is 35.4 Å². The van der Waals surface area contributed by atoms with Crippen LogP contribution in [-0.2, 0) is 22.6 Å². The molecule has 2 aromatic rings. The molecule has 1 amide bonds. The summed E-state index contributed by atoms with van der Waals surface area (Å²) in [5.74, 6) is -1.29. The fourth-order valence-corrected chi connectivity index (χ4v) is 4.35. The quantitative estimate of drug-likeness (QED) is 0.467. The Morgan fingerprint density at radius 3 is 2.40 bits per heavy atom. The van der Waals surface area contributed by atoms with Gasteiger partial charge in [0.15, 0.2) is 35.2 Å². The molecular weight excluding hydrogens is 526 g/mol. The first-order chi connectivity index (χ1) is 19.1. The molecular formula is C27H36F2N6O5. The Balaban J connectivity index is 1.23. The average Bonchev–Trinajstić information content (AvgIpc) is 3.35. The number of hydrogen-bond donors (Lipinski definition) is 2. The van der Waals surface area contributed by atoms with Crippen molar-refractivity contribution in [2.24, 2.45) is 10.9 Å². The van der Waals surface area contributed by atoms with Crippen LogP contribution in [0.1, 0.15) is 39.2 Å². The highest BCUT2D eigenvalue weighted by molar-refractivity contribution is 5.77. The molecule has 11 nitrogen and oxygen atoms in total. The monoisotopic (exact) mass is 562 g/mol. The minimum absolute atomic E-state index is 0.141. The van der Waals surface area contributed by atoms with E-state index in [1.807, 2.05) is 31.6 Å². The number of ether oxygens (including phenoxy) is 4. The zero-order valence-electron chi connectivity index (χ0n) is 23.4. The molecule has 3 heterocycles. The molecule has 0 aliphatic carbocycles. The van der Waals surface area contributed by atoms with Crippen LogP contribution in [0.5, 0.6) is 11.5 Å². The van der Waals surface area contributed by atoms with E-state index >= 15 is 0 Å². The molecule has 1 saturated heterocycles. The maximum absolute atomic E-state index is 14.6. The molecule has 1 atom stereocenters. The highest BCUT2D eigenvalue weighted by Gasteiger charge is 2.27. The van der Waals surface area contributed by atoms with Gasteiger partial charge in [0.05, 0.1) is 37.9 Å². The van der Waals surface area contributed by atoms with Gasteiger partial charge in [0.25, 0.3) is 0 Å². The van der Waals surface area contributed by atoms with Crippen LogP contribution in [-0.4, -0.2) is 66.2 Å². The molecule has 1 fully saturated rings. The Hall–Kier alpha value is -4.03. The first-order valence-electron chi connectivity index (χ1n) is 13.0. The molecule has 13 heteroatoms. The number of carbonyl (C=O) groups excluding carboxylic acids is 1. The summed E-state index contributed by atoms with van der Waals surface area (Å²) < 4.78 is 51.9. The Kier molecular flexibility index (Phi) is 9.00. The van der Waals surface area contributed by atoms with Crippen LogP contribution in [0.3, 0.4) is 0 Å². The van der Waals surface area contributed by atoms with Crippen molar-refractivity contribution in [3.8, 4) is 11.5 Å². The van der Waals surface area contributed by atoms with Gasteiger partial charge < -0.3 is 34.5 Å². The number of nitrogens with zero attached hydrogens (tertiary/aromatic N) is 4. The van der Waals surface area contributed by atoms with Crippen molar-refractivity contribution in [3.05, 3.63) is 47.6 Å². The minimum atomic E-state index is -0.854. The van der Waals surface area contributed by atoms with Crippen LogP contribution in [0.4, 0.5) is 19.3 Å². The van der Waals surface area contributed by atoms with Crippen LogP contribution in [0.2, 0.25) is 0 Å². The number of benzene rings is 1. The number of hydrogen-bond acceptors (Lipinski definition) is 9. The van der Waals surface area contributed by atoms with Gasteiger partial charge in [-0.25, -0.2) is 18.6 Å². The molecule has 1 aromatic carbocycles. The van der Waals surface area contributed by atoms with E-state index in [0.717, 1.165) is 31.1 Å². The summed E-state index contributed by atoms with van der Waals surface area (Å²) >= 11 is 0. The maximum atomic E-state index is 14.6. The maximum Gasteiger partial charge on any atom is 0.410 e. The number of piperidine rings is 1. The SMILES string of the molecule is COc1cc(OC)c(F)c(COC2=CNC(Nc3cnn(CC4CCN(C(=O)OC(C)(C)C)CC4)c3)N=C2)c1F. The second-order valence-corrected chi connectivity index (χ2v) is 10.6. The van der Waals surface area contributed by atoms with Crippen LogP contribution in [0.25, 0.3) is 0 Å². The third kappa shape index (κ3) is 7.33. The van der Waals surface area contributed by atoms with E-state index in [-0.39, 0.29) is 29.8 Å². The number of carbonyl (C=O) groups is 1. The Bertz CT molecular complexity index is 1220. The van der Waals surface area contributed by atoms with E-state index in [2.05, 4.69) is 20.7 Å². The predicted molar refractivity (Wildman–Crippen MR) is 144 cm³/mol. The summed E-state index contributed by atoms with van der Waals surface area (Å²) in [7, 11) is 2.57. The molecule has 2 aliphatic rings. The third-order valence-electron chi connectivity index (χ3n) is 6.43. The summed E-state index contributed by atoms with van der Waals surface area (Å²) in [6.07, 6.45) is 7.64. The summed E-state index contributed by atoms with van der Waals surface area (Å²) in [5.41, 5.74) is -0.0435. The van der Waals surface area contributed by atoms with E-state index in [4.69, 9.17) is 18.9 Å².